The van der Waals surface area contributed by atoms with E-state index in [0.29, 0.717) is 10.8 Å². The quantitative estimate of drug-likeness (QED) is 0.657. The second-order valence-electron chi connectivity index (χ2n) is 9.27. The van der Waals surface area contributed by atoms with Gasteiger partial charge in [-0.15, -0.1) is 0 Å². The molecular weight excluding hydrogens is 312 g/mol. The van der Waals surface area contributed by atoms with E-state index in [0.717, 1.165) is 10.9 Å². The zero-order chi connectivity index (χ0) is 17.6. The number of thioether (sulfide) groups is 1. The number of hydrogen-bond donors (Lipinski definition) is 1. The Morgan fingerprint density at radius 1 is 1.00 bits per heavy atom. The SMILES string of the molecule is CN=C1NC(C)(C2=CC3=C(CCC2)C(C)(C)CCC3(C)C)CCS1. The molecule has 0 spiro atoms. The minimum Gasteiger partial charge on any atom is -0.356 e. The van der Waals surface area contributed by atoms with E-state index in [9.17, 15) is 0 Å². The molecule has 1 fully saturated rings. The van der Waals surface area contributed by atoms with Gasteiger partial charge < -0.3 is 5.32 Å². The monoisotopic (exact) mass is 346 g/mol. The average molecular weight is 347 g/mol. The lowest BCUT2D eigenvalue weighted by atomic mass is 9.62. The number of amidine groups is 1. The summed E-state index contributed by atoms with van der Waals surface area (Å²) >= 11 is 1.86. The van der Waals surface area contributed by atoms with Crippen molar-refractivity contribution < 1.29 is 0 Å². The maximum Gasteiger partial charge on any atom is 0.156 e. The zero-order valence-corrected chi connectivity index (χ0v) is 17.2. The molecule has 24 heavy (non-hydrogen) atoms. The number of aliphatic imine (C=N–C) groups is 1. The smallest absolute Gasteiger partial charge is 0.156 e. The van der Waals surface area contributed by atoms with E-state index in [2.05, 4.69) is 51.0 Å². The van der Waals surface area contributed by atoms with Crippen molar-refractivity contribution >= 4 is 16.9 Å². The maximum absolute atomic E-state index is 4.42. The van der Waals surface area contributed by atoms with E-state index in [4.69, 9.17) is 0 Å². The van der Waals surface area contributed by atoms with Crippen molar-refractivity contribution in [3.8, 4) is 0 Å². The number of nitrogens with one attached hydrogen (secondary N) is 1. The van der Waals surface area contributed by atoms with E-state index < -0.39 is 0 Å². The molecule has 134 valence electrons. The van der Waals surface area contributed by atoms with Gasteiger partial charge in [0.2, 0.25) is 0 Å². The van der Waals surface area contributed by atoms with Crippen LogP contribution in [-0.4, -0.2) is 23.5 Å². The molecule has 0 amide bonds. The molecule has 1 aliphatic heterocycles. The fraction of sp³-hybridized carbons (Fsp3) is 0.762. The van der Waals surface area contributed by atoms with Crippen LogP contribution in [-0.2, 0) is 0 Å². The molecule has 2 aliphatic carbocycles. The Bertz CT molecular complexity index is 609. The van der Waals surface area contributed by atoms with Crippen LogP contribution in [0.5, 0.6) is 0 Å². The van der Waals surface area contributed by atoms with Crippen LogP contribution < -0.4 is 5.32 Å². The van der Waals surface area contributed by atoms with E-state index in [1.54, 1.807) is 16.7 Å². The lowest BCUT2D eigenvalue weighted by Gasteiger charge is -2.43. The molecule has 2 nitrogen and oxygen atoms in total. The molecule has 0 saturated carbocycles. The average Bonchev–Trinajstić information content (AvgIpc) is 2.77. The summed E-state index contributed by atoms with van der Waals surface area (Å²) in [5.41, 5.74) is 5.71. The molecule has 0 aromatic rings. The molecule has 3 heteroatoms. The molecule has 1 unspecified atom stereocenters. The van der Waals surface area contributed by atoms with Gasteiger partial charge in [-0.3, -0.25) is 4.99 Å². The third-order valence-electron chi connectivity index (χ3n) is 6.57. The summed E-state index contributed by atoms with van der Waals surface area (Å²) in [5.74, 6) is 1.16. The standard InChI is InChI=1S/C21H34N2S/c1-19(2)10-11-20(3,4)17-14-15(8-7-9-16(17)19)21(5)12-13-24-18(22-6)23-21/h14H,7-13H2,1-6H3,(H,22,23). The summed E-state index contributed by atoms with van der Waals surface area (Å²) in [4.78, 5) is 4.42. The van der Waals surface area contributed by atoms with Crippen molar-refractivity contribution in [1.29, 1.82) is 0 Å². The first-order valence-corrected chi connectivity index (χ1v) is 10.5. The van der Waals surface area contributed by atoms with Crippen molar-refractivity contribution in [2.75, 3.05) is 12.8 Å². The summed E-state index contributed by atoms with van der Waals surface area (Å²) in [6.07, 6.45) is 10.2. The highest BCUT2D eigenvalue weighted by Gasteiger charge is 2.41. The first kappa shape index (κ1) is 18.1. The van der Waals surface area contributed by atoms with Crippen molar-refractivity contribution in [2.24, 2.45) is 15.8 Å². The van der Waals surface area contributed by atoms with Gasteiger partial charge in [-0.05, 0) is 67.4 Å². The molecule has 1 atom stereocenters. The molecule has 3 aliphatic rings. The third-order valence-corrected chi connectivity index (χ3v) is 7.54. The Balaban J connectivity index is 2.04. The van der Waals surface area contributed by atoms with Crippen molar-refractivity contribution in [3.63, 3.8) is 0 Å². The van der Waals surface area contributed by atoms with Crippen LogP contribution in [0, 0.1) is 10.8 Å². The topological polar surface area (TPSA) is 24.4 Å². The highest BCUT2D eigenvalue weighted by atomic mass is 32.2. The molecular formula is C21H34N2S. The summed E-state index contributed by atoms with van der Waals surface area (Å²) in [6.45, 7) is 12.2. The van der Waals surface area contributed by atoms with E-state index in [1.807, 2.05) is 18.8 Å². The van der Waals surface area contributed by atoms with Crippen LogP contribution in [0.25, 0.3) is 0 Å². The van der Waals surface area contributed by atoms with Crippen molar-refractivity contribution in [3.05, 3.63) is 22.8 Å². The maximum atomic E-state index is 4.42. The lowest BCUT2D eigenvalue weighted by molar-refractivity contribution is 0.260. The molecule has 0 radical (unpaired) electrons. The summed E-state index contributed by atoms with van der Waals surface area (Å²) < 4.78 is 0. The van der Waals surface area contributed by atoms with Gasteiger partial charge in [-0.25, -0.2) is 0 Å². The van der Waals surface area contributed by atoms with Gasteiger partial charge in [0, 0.05) is 12.8 Å². The summed E-state index contributed by atoms with van der Waals surface area (Å²) in [7, 11) is 1.90. The zero-order valence-electron chi connectivity index (χ0n) is 16.4. The Hall–Kier alpha value is -0.700. The predicted molar refractivity (Wildman–Crippen MR) is 108 cm³/mol. The molecule has 3 rings (SSSR count). The predicted octanol–water partition coefficient (Wildman–Crippen LogP) is 5.71. The third kappa shape index (κ3) is 3.21. The second kappa shape index (κ2) is 6.23. The van der Waals surface area contributed by atoms with Gasteiger partial charge in [0.1, 0.15) is 0 Å². The van der Waals surface area contributed by atoms with E-state index in [1.165, 1.54) is 38.5 Å². The minimum atomic E-state index is 0.0697. The Morgan fingerprint density at radius 2 is 1.71 bits per heavy atom. The summed E-state index contributed by atoms with van der Waals surface area (Å²) in [5, 5.41) is 4.85. The molecule has 1 saturated heterocycles. The van der Waals surface area contributed by atoms with Crippen molar-refractivity contribution in [2.45, 2.75) is 78.7 Å². The highest BCUT2D eigenvalue weighted by Crippen LogP contribution is 2.53. The van der Waals surface area contributed by atoms with Gasteiger partial charge >= 0.3 is 0 Å². The van der Waals surface area contributed by atoms with Crippen LogP contribution in [0.1, 0.15) is 73.1 Å². The van der Waals surface area contributed by atoms with Gasteiger partial charge in [-0.2, -0.15) is 0 Å². The Morgan fingerprint density at radius 3 is 2.42 bits per heavy atom. The largest absolute Gasteiger partial charge is 0.356 e. The molecule has 0 bridgehead atoms. The number of allylic oxidation sites excluding steroid dienone is 3. The minimum absolute atomic E-state index is 0.0697. The summed E-state index contributed by atoms with van der Waals surface area (Å²) in [6, 6.07) is 0. The molecule has 1 heterocycles. The van der Waals surface area contributed by atoms with Gasteiger partial charge in [0.05, 0.1) is 5.54 Å². The molecule has 1 N–H and O–H groups in total. The fourth-order valence-electron chi connectivity index (χ4n) is 4.62. The Kier molecular flexibility index (Phi) is 4.70. The molecule has 0 aromatic heterocycles. The second-order valence-corrected chi connectivity index (χ2v) is 10.4. The van der Waals surface area contributed by atoms with Crippen LogP contribution in [0.2, 0.25) is 0 Å². The van der Waals surface area contributed by atoms with Gasteiger partial charge in [-0.1, -0.05) is 51.1 Å². The van der Waals surface area contributed by atoms with Gasteiger partial charge in [0.15, 0.2) is 5.17 Å². The van der Waals surface area contributed by atoms with E-state index in [-0.39, 0.29) is 5.54 Å². The number of rotatable bonds is 1. The van der Waals surface area contributed by atoms with Crippen LogP contribution in [0.4, 0.5) is 0 Å². The van der Waals surface area contributed by atoms with Crippen molar-refractivity contribution in [1.82, 2.24) is 5.32 Å². The highest BCUT2D eigenvalue weighted by molar-refractivity contribution is 8.13. The first-order valence-electron chi connectivity index (χ1n) is 9.51. The number of hydrogen-bond acceptors (Lipinski definition) is 2. The first-order chi connectivity index (χ1) is 11.2. The number of nitrogens with zero attached hydrogens (tertiary/aromatic N) is 1. The molecule has 0 aromatic carbocycles. The van der Waals surface area contributed by atoms with Crippen LogP contribution >= 0.6 is 11.8 Å². The lowest BCUT2D eigenvalue weighted by Crippen LogP contribution is -2.50. The van der Waals surface area contributed by atoms with Gasteiger partial charge in [0.25, 0.3) is 0 Å². The fourth-order valence-corrected chi connectivity index (χ4v) is 5.75. The normalized spacial score (nSPS) is 34.2. The van der Waals surface area contributed by atoms with E-state index >= 15 is 0 Å². The Labute approximate surface area is 152 Å². The van der Waals surface area contributed by atoms with Crippen LogP contribution in [0.3, 0.4) is 0 Å². The van der Waals surface area contributed by atoms with Crippen LogP contribution in [0.15, 0.2) is 27.8 Å².